The smallest absolute Gasteiger partial charge is 0.000000776 e. The number of fused-ring (bicyclic) bond motifs is 6. The SMILES string of the molecule is c1cc2c3ccc4c5ccc6c7ccc8c9cccc%10c9c9c8c7c7c6c5c5c4c3c3c2c(c1)c%10c1c3c5c7c91. The first-order chi connectivity index (χ1) is 19.9. The number of benzene rings is 10. The molecule has 0 saturated carbocycles. The molecule has 0 spiro atoms. The van der Waals surface area contributed by atoms with Gasteiger partial charge in [-0.3, -0.25) is 0 Å². The lowest BCUT2D eigenvalue weighted by Gasteiger charge is -2.13. The molecule has 0 nitrogen and oxygen atoms in total. The van der Waals surface area contributed by atoms with Crippen LogP contribution in [0.3, 0.4) is 0 Å². The Morgan fingerprint density at radius 1 is 0.150 bits per heavy atom. The van der Waals surface area contributed by atoms with Gasteiger partial charge in [0.15, 0.2) is 0 Å². The van der Waals surface area contributed by atoms with E-state index in [1.165, 1.54) is 118 Å². The van der Waals surface area contributed by atoms with E-state index in [9.17, 15) is 0 Å². The van der Waals surface area contributed by atoms with Crippen LogP contribution < -0.4 is 0 Å². The maximum atomic E-state index is 2.44. The van der Waals surface area contributed by atoms with E-state index in [-0.39, 0.29) is 0 Å². The van der Waals surface area contributed by atoms with Crippen molar-refractivity contribution in [3.05, 3.63) is 72.8 Å². The van der Waals surface area contributed by atoms with Crippen molar-refractivity contribution in [3.8, 4) is 0 Å². The van der Waals surface area contributed by atoms with Gasteiger partial charge in [0.25, 0.3) is 0 Å². The lowest BCUT2D eigenvalue weighted by Crippen LogP contribution is -1.84. The molecule has 172 valence electrons. The third-order valence-corrected chi connectivity index (χ3v) is 11.9. The molecule has 0 N–H and O–H groups in total. The maximum absolute atomic E-state index is 2.44. The molecule has 40 heavy (non-hydrogen) atoms. The summed E-state index contributed by atoms with van der Waals surface area (Å²) in [6, 6.07) is 28.8. The van der Waals surface area contributed by atoms with Gasteiger partial charge < -0.3 is 0 Å². The second-order valence-corrected chi connectivity index (χ2v) is 12.9. The summed E-state index contributed by atoms with van der Waals surface area (Å²) in [6.07, 6.45) is 0. The molecule has 15 aromatic rings. The highest BCUT2D eigenvalue weighted by Gasteiger charge is 2.37. The zero-order valence-corrected chi connectivity index (χ0v) is 20.9. The van der Waals surface area contributed by atoms with Crippen LogP contribution in [0.1, 0.15) is 0 Å². The van der Waals surface area contributed by atoms with Crippen LogP contribution >= 0.6 is 0 Å². The van der Waals surface area contributed by atoms with E-state index < -0.39 is 0 Å². The fraction of sp³-hybridized carbons (Fsp3) is 0. The molecule has 15 rings (SSSR count). The predicted molar refractivity (Wildman–Crippen MR) is 175 cm³/mol. The molecular weight excluding hydrogens is 480 g/mol. The molecule has 0 atom stereocenters. The van der Waals surface area contributed by atoms with Crippen LogP contribution in [0.4, 0.5) is 0 Å². The summed E-state index contributed by atoms with van der Waals surface area (Å²) in [5.41, 5.74) is 0. The van der Waals surface area contributed by atoms with Crippen molar-refractivity contribution in [1.82, 2.24) is 0 Å². The lowest BCUT2D eigenvalue weighted by molar-refractivity contribution is 1.90. The zero-order valence-electron chi connectivity index (χ0n) is 20.9. The molecule has 0 bridgehead atoms. The van der Waals surface area contributed by atoms with E-state index in [4.69, 9.17) is 0 Å². The summed E-state index contributed by atoms with van der Waals surface area (Å²) in [6.45, 7) is 0. The van der Waals surface area contributed by atoms with Crippen LogP contribution in [0.5, 0.6) is 0 Å². The molecule has 15 aromatic carbocycles. The van der Waals surface area contributed by atoms with Crippen molar-refractivity contribution in [2.75, 3.05) is 0 Å². The molecular formula is C40H12. The van der Waals surface area contributed by atoms with Gasteiger partial charge in [-0.1, -0.05) is 72.8 Å². The molecule has 0 aromatic heterocycles. The Kier molecular flexibility index (Phi) is 1.84. The molecule has 0 radical (unpaired) electrons. The quantitative estimate of drug-likeness (QED) is 0.185. The Balaban J connectivity index is 1.62. The Hall–Kier alpha value is -5.20. The number of rotatable bonds is 0. The molecule has 0 fully saturated rings. The molecule has 0 aliphatic heterocycles. The van der Waals surface area contributed by atoms with Crippen molar-refractivity contribution in [3.63, 3.8) is 0 Å². The minimum absolute atomic E-state index is 1.43. The minimum Gasteiger partial charge on any atom is -0.0610 e. The van der Waals surface area contributed by atoms with Gasteiger partial charge in [-0.15, -0.1) is 0 Å². The fourth-order valence-electron chi connectivity index (χ4n) is 11.0. The summed E-state index contributed by atoms with van der Waals surface area (Å²) in [5.74, 6) is 0. The van der Waals surface area contributed by atoms with Gasteiger partial charge in [0, 0.05) is 0 Å². The van der Waals surface area contributed by atoms with Crippen LogP contribution in [0.15, 0.2) is 72.8 Å². The summed E-state index contributed by atoms with van der Waals surface area (Å²) in [7, 11) is 0. The van der Waals surface area contributed by atoms with E-state index in [1.807, 2.05) is 0 Å². The Labute approximate surface area is 223 Å². The van der Waals surface area contributed by atoms with Gasteiger partial charge in [0.2, 0.25) is 0 Å². The average molecular weight is 493 g/mol. The van der Waals surface area contributed by atoms with Gasteiger partial charge >= 0.3 is 0 Å². The van der Waals surface area contributed by atoms with E-state index >= 15 is 0 Å². The molecule has 0 saturated heterocycles. The van der Waals surface area contributed by atoms with Crippen LogP contribution in [0.2, 0.25) is 0 Å². The second-order valence-electron chi connectivity index (χ2n) is 12.9. The van der Waals surface area contributed by atoms with E-state index in [0.29, 0.717) is 0 Å². The van der Waals surface area contributed by atoms with E-state index in [0.717, 1.165) is 0 Å². The summed E-state index contributed by atoms with van der Waals surface area (Å²) in [5, 5.41) is 41.8. The third-order valence-electron chi connectivity index (χ3n) is 11.9. The van der Waals surface area contributed by atoms with Crippen LogP contribution in [-0.4, -0.2) is 0 Å². The molecule has 0 heterocycles. The average Bonchev–Trinajstić information content (AvgIpc) is 3.77. The zero-order chi connectivity index (χ0) is 24.7. The molecule has 0 amide bonds. The molecule has 0 unspecified atom stereocenters. The standard InChI is InChI=1S/C40H12/c1-3-13-15-7-9-17-19-11-12-20-18-10-8-16-14-4-2-6-22-24(14)33-27(16)29(18)36-31(20)30(19)35-28(17)26(15)32-23(13)21(5-1)25(22)34-37(32)39(35)40(36)38(33)34/h1-12H. The van der Waals surface area contributed by atoms with Crippen LogP contribution in [-0.2, 0) is 0 Å². The normalized spacial score (nSPS) is 15.0. The minimum atomic E-state index is 1.43. The first-order valence-corrected chi connectivity index (χ1v) is 14.5. The van der Waals surface area contributed by atoms with Crippen molar-refractivity contribution in [2.45, 2.75) is 0 Å². The Bertz CT molecular complexity index is 3220. The Morgan fingerprint density at radius 3 is 0.700 bits per heavy atom. The highest BCUT2D eigenvalue weighted by atomic mass is 14.4. The van der Waals surface area contributed by atoms with Crippen molar-refractivity contribution in [1.29, 1.82) is 0 Å². The first kappa shape index (κ1) is 16.7. The van der Waals surface area contributed by atoms with Gasteiger partial charge in [-0.25, -0.2) is 0 Å². The summed E-state index contributed by atoms with van der Waals surface area (Å²) in [4.78, 5) is 0. The highest BCUT2D eigenvalue weighted by Crippen LogP contribution is 2.66. The van der Waals surface area contributed by atoms with Crippen LogP contribution in [0.25, 0.3) is 151 Å². The topological polar surface area (TPSA) is 0 Å². The summed E-state index contributed by atoms with van der Waals surface area (Å²) >= 11 is 0. The maximum Gasteiger partial charge on any atom is -0.000000776 e. The summed E-state index contributed by atoms with van der Waals surface area (Å²) < 4.78 is 0. The largest absolute Gasteiger partial charge is 0.0610 e. The van der Waals surface area contributed by atoms with Crippen molar-refractivity contribution in [2.24, 2.45) is 0 Å². The van der Waals surface area contributed by atoms with Crippen LogP contribution in [0, 0.1) is 0 Å². The fourth-order valence-corrected chi connectivity index (χ4v) is 11.0. The second kappa shape index (κ2) is 4.41. The monoisotopic (exact) mass is 492 g/mol. The van der Waals surface area contributed by atoms with Crippen molar-refractivity contribution >= 4 is 151 Å². The first-order valence-electron chi connectivity index (χ1n) is 14.5. The highest BCUT2D eigenvalue weighted by molar-refractivity contribution is 6.68. The van der Waals surface area contributed by atoms with E-state index in [1.54, 1.807) is 32.3 Å². The lowest BCUT2D eigenvalue weighted by atomic mass is 9.88. The van der Waals surface area contributed by atoms with E-state index in [2.05, 4.69) is 72.8 Å². The van der Waals surface area contributed by atoms with Gasteiger partial charge in [0.05, 0.1) is 0 Å². The number of hydrogen-bond acceptors (Lipinski definition) is 0. The van der Waals surface area contributed by atoms with Crippen molar-refractivity contribution < 1.29 is 0 Å². The van der Waals surface area contributed by atoms with Gasteiger partial charge in [-0.2, -0.15) is 0 Å². The van der Waals surface area contributed by atoms with Gasteiger partial charge in [0.1, 0.15) is 0 Å². The third kappa shape index (κ3) is 1.15. The number of hydrogen-bond donors (Lipinski definition) is 0. The Morgan fingerprint density at radius 2 is 0.350 bits per heavy atom. The predicted octanol–water partition coefficient (Wildman–Crippen LogP) is 11.6. The molecule has 0 aliphatic rings. The molecule has 0 heteroatoms. The molecule has 0 aliphatic carbocycles. The van der Waals surface area contributed by atoms with Gasteiger partial charge in [-0.05, 0) is 151 Å².